The molecule has 1 unspecified atom stereocenters. The molecular weight excluding hydrogens is 256 g/mol. The van der Waals surface area contributed by atoms with Gasteiger partial charge in [0.2, 0.25) is 0 Å². The van der Waals surface area contributed by atoms with Crippen molar-refractivity contribution < 1.29 is 0 Å². The summed E-state index contributed by atoms with van der Waals surface area (Å²) in [5.41, 5.74) is 2.07. The van der Waals surface area contributed by atoms with Crippen molar-refractivity contribution >= 4 is 0 Å². The van der Waals surface area contributed by atoms with Crippen LogP contribution in [0.4, 0.5) is 0 Å². The van der Waals surface area contributed by atoms with E-state index in [-0.39, 0.29) is 0 Å². The molecule has 1 heterocycles. The van der Waals surface area contributed by atoms with E-state index in [0.717, 1.165) is 12.5 Å². The molecule has 2 fully saturated rings. The lowest BCUT2D eigenvalue weighted by molar-refractivity contribution is 0.174. The number of nitrogens with one attached hydrogen (secondary N) is 1. The normalized spacial score (nSPS) is 25.2. The Morgan fingerprint density at radius 3 is 2.67 bits per heavy atom. The molecule has 21 heavy (non-hydrogen) atoms. The van der Waals surface area contributed by atoms with Gasteiger partial charge in [0.25, 0.3) is 0 Å². The molecule has 0 spiro atoms. The van der Waals surface area contributed by atoms with Crippen LogP contribution in [0, 0.1) is 11.3 Å². The number of benzene rings is 1. The Hall–Kier alpha value is -0.860. The van der Waals surface area contributed by atoms with E-state index in [0.29, 0.717) is 11.5 Å². The third-order valence-electron chi connectivity index (χ3n) is 5.61. The standard InChI is InChI=1S/C19H30N2/c1-16(2)19(10-11-19)15-20-18-9-6-12-21(14-18)13-17-7-4-3-5-8-17/h3-5,7-8,16,18,20H,6,9-15H2,1-2H3. The van der Waals surface area contributed by atoms with E-state index in [2.05, 4.69) is 54.4 Å². The Bertz CT molecular complexity index is 436. The maximum absolute atomic E-state index is 3.88. The van der Waals surface area contributed by atoms with Crippen LogP contribution in [-0.2, 0) is 6.54 Å². The van der Waals surface area contributed by atoms with Crippen molar-refractivity contribution in [2.45, 2.75) is 52.1 Å². The molecule has 1 aliphatic carbocycles. The summed E-state index contributed by atoms with van der Waals surface area (Å²) < 4.78 is 0. The van der Waals surface area contributed by atoms with Crippen LogP contribution >= 0.6 is 0 Å². The molecule has 1 saturated heterocycles. The average molecular weight is 286 g/mol. The fraction of sp³-hybridized carbons (Fsp3) is 0.684. The zero-order valence-electron chi connectivity index (χ0n) is 13.6. The van der Waals surface area contributed by atoms with Gasteiger partial charge in [0.1, 0.15) is 0 Å². The summed E-state index contributed by atoms with van der Waals surface area (Å²) in [6, 6.07) is 11.6. The molecule has 0 bridgehead atoms. The van der Waals surface area contributed by atoms with E-state index >= 15 is 0 Å². The molecule has 1 aromatic carbocycles. The molecule has 0 amide bonds. The predicted molar refractivity (Wildman–Crippen MR) is 89.2 cm³/mol. The van der Waals surface area contributed by atoms with Crippen molar-refractivity contribution in [3.63, 3.8) is 0 Å². The second-order valence-corrected chi connectivity index (χ2v) is 7.46. The molecule has 0 aromatic heterocycles. The third kappa shape index (κ3) is 3.87. The second kappa shape index (κ2) is 6.50. The molecule has 2 aliphatic rings. The molecule has 1 atom stereocenters. The van der Waals surface area contributed by atoms with E-state index in [4.69, 9.17) is 0 Å². The number of nitrogens with zero attached hydrogens (tertiary/aromatic N) is 1. The maximum Gasteiger partial charge on any atom is 0.0234 e. The molecular formula is C19H30N2. The molecule has 3 rings (SSSR count). The fourth-order valence-corrected chi connectivity index (χ4v) is 3.67. The summed E-state index contributed by atoms with van der Waals surface area (Å²) in [4.78, 5) is 2.62. The molecule has 1 aromatic rings. The fourth-order valence-electron chi connectivity index (χ4n) is 3.67. The van der Waals surface area contributed by atoms with E-state index in [1.807, 2.05) is 0 Å². The van der Waals surface area contributed by atoms with Gasteiger partial charge in [-0.25, -0.2) is 0 Å². The van der Waals surface area contributed by atoms with Crippen molar-refractivity contribution in [1.82, 2.24) is 10.2 Å². The smallest absolute Gasteiger partial charge is 0.0234 e. The summed E-state index contributed by atoms with van der Waals surface area (Å²) >= 11 is 0. The molecule has 0 radical (unpaired) electrons. The Morgan fingerprint density at radius 2 is 2.00 bits per heavy atom. The quantitative estimate of drug-likeness (QED) is 0.858. The van der Waals surface area contributed by atoms with Gasteiger partial charge in [-0.2, -0.15) is 0 Å². The lowest BCUT2D eigenvalue weighted by Gasteiger charge is -2.34. The Kier molecular flexibility index (Phi) is 4.66. The lowest BCUT2D eigenvalue weighted by atomic mass is 9.91. The number of piperidine rings is 1. The van der Waals surface area contributed by atoms with Gasteiger partial charge in [-0.1, -0.05) is 44.2 Å². The molecule has 2 nitrogen and oxygen atoms in total. The summed E-state index contributed by atoms with van der Waals surface area (Å²) in [7, 11) is 0. The van der Waals surface area contributed by atoms with Crippen LogP contribution in [0.15, 0.2) is 30.3 Å². The van der Waals surface area contributed by atoms with Crippen molar-refractivity contribution in [3.05, 3.63) is 35.9 Å². The zero-order valence-corrected chi connectivity index (χ0v) is 13.6. The first-order chi connectivity index (χ1) is 10.2. The minimum absolute atomic E-state index is 0.627. The topological polar surface area (TPSA) is 15.3 Å². The maximum atomic E-state index is 3.88. The summed E-state index contributed by atoms with van der Waals surface area (Å²) in [5, 5.41) is 3.88. The number of hydrogen-bond acceptors (Lipinski definition) is 2. The monoisotopic (exact) mass is 286 g/mol. The highest BCUT2D eigenvalue weighted by Gasteiger charge is 2.45. The van der Waals surface area contributed by atoms with Crippen molar-refractivity contribution in [3.8, 4) is 0 Å². The van der Waals surface area contributed by atoms with Crippen molar-refractivity contribution in [1.29, 1.82) is 0 Å². The van der Waals surface area contributed by atoms with Gasteiger partial charge >= 0.3 is 0 Å². The van der Waals surface area contributed by atoms with Crippen LogP contribution in [-0.4, -0.2) is 30.6 Å². The first kappa shape index (κ1) is 15.1. The van der Waals surface area contributed by atoms with Crippen LogP contribution in [0.3, 0.4) is 0 Å². The molecule has 1 saturated carbocycles. The molecule has 116 valence electrons. The van der Waals surface area contributed by atoms with Gasteiger partial charge in [-0.05, 0) is 49.1 Å². The van der Waals surface area contributed by atoms with Crippen LogP contribution < -0.4 is 5.32 Å². The summed E-state index contributed by atoms with van der Waals surface area (Å²) in [6.45, 7) is 9.57. The highest BCUT2D eigenvalue weighted by Crippen LogP contribution is 2.51. The zero-order chi connectivity index (χ0) is 14.7. The molecule has 1 aliphatic heterocycles. The first-order valence-corrected chi connectivity index (χ1v) is 8.68. The average Bonchev–Trinajstić information content (AvgIpc) is 3.28. The molecule has 1 N–H and O–H groups in total. The predicted octanol–water partition coefficient (Wildman–Crippen LogP) is 3.68. The van der Waals surface area contributed by atoms with E-state index in [1.54, 1.807) is 0 Å². The minimum atomic E-state index is 0.627. The van der Waals surface area contributed by atoms with Gasteiger partial charge in [0, 0.05) is 25.7 Å². The highest BCUT2D eigenvalue weighted by atomic mass is 15.2. The van der Waals surface area contributed by atoms with E-state index in [9.17, 15) is 0 Å². The first-order valence-electron chi connectivity index (χ1n) is 8.68. The van der Waals surface area contributed by atoms with Crippen LogP contribution in [0.25, 0.3) is 0 Å². The van der Waals surface area contributed by atoms with Gasteiger partial charge in [-0.3, -0.25) is 4.90 Å². The van der Waals surface area contributed by atoms with Crippen molar-refractivity contribution in [2.24, 2.45) is 11.3 Å². The van der Waals surface area contributed by atoms with Crippen LogP contribution in [0.1, 0.15) is 45.1 Å². The Balaban J connectivity index is 1.47. The highest BCUT2D eigenvalue weighted by molar-refractivity contribution is 5.14. The van der Waals surface area contributed by atoms with E-state index in [1.165, 1.54) is 50.9 Å². The molecule has 2 heteroatoms. The Labute approximate surface area is 129 Å². The number of rotatable bonds is 6. The Morgan fingerprint density at radius 1 is 1.24 bits per heavy atom. The minimum Gasteiger partial charge on any atom is -0.312 e. The summed E-state index contributed by atoms with van der Waals surface area (Å²) in [6.07, 6.45) is 5.54. The number of likely N-dealkylation sites (tertiary alicyclic amines) is 1. The number of hydrogen-bond donors (Lipinski definition) is 1. The third-order valence-corrected chi connectivity index (χ3v) is 5.61. The van der Waals surface area contributed by atoms with Gasteiger partial charge in [0.05, 0.1) is 0 Å². The largest absolute Gasteiger partial charge is 0.312 e. The SMILES string of the molecule is CC(C)C1(CNC2CCCN(Cc3ccccc3)C2)CC1. The van der Waals surface area contributed by atoms with Crippen molar-refractivity contribution in [2.75, 3.05) is 19.6 Å². The summed E-state index contributed by atoms with van der Waals surface area (Å²) in [5.74, 6) is 0.828. The van der Waals surface area contributed by atoms with Crippen LogP contribution in [0.5, 0.6) is 0 Å². The van der Waals surface area contributed by atoms with E-state index < -0.39 is 0 Å². The van der Waals surface area contributed by atoms with Gasteiger partial charge in [-0.15, -0.1) is 0 Å². The lowest BCUT2D eigenvalue weighted by Crippen LogP contribution is -2.47. The van der Waals surface area contributed by atoms with Gasteiger partial charge in [0.15, 0.2) is 0 Å². The van der Waals surface area contributed by atoms with Crippen LogP contribution in [0.2, 0.25) is 0 Å². The second-order valence-electron chi connectivity index (χ2n) is 7.46. The van der Waals surface area contributed by atoms with Gasteiger partial charge < -0.3 is 5.32 Å².